The lowest BCUT2D eigenvalue weighted by Gasteiger charge is -2.63. The predicted molar refractivity (Wildman–Crippen MR) is 212 cm³/mol. The molecule has 47 heavy (non-hydrogen) atoms. The number of hydrogen-bond acceptors (Lipinski definition) is 4. The summed E-state index contributed by atoms with van der Waals surface area (Å²) in [4.78, 5) is 0. The van der Waals surface area contributed by atoms with Crippen LogP contribution >= 0.6 is 0 Å². The summed E-state index contributed by atoms with van der Waals surface area (Å²) in [5.74, 6) is 3.74. The van der Waals surface area contributed by atoms with Crippen molar-refractivity contribution < 1.29 is 17.7 Å². The molecule has 0 radical (unpaired) electrons. The zero-order chi connectivity index (χ0) is 35.5. The Hall–Kier alpha value is 0.448. The van der Waals surface area contributed by atoms with E-state index in [2.05, 4.69) is 119 Å². The van der Waals surface area contributed by atoms with E-state index in [-0.39, 0.29) is 16.9 Å². The molecule has 0 aliphatic heterocycles. The van der Waals surface area contributed by atoms with Crippen LogP contribution in [0.5, 0.6) is 0 Å². The van der Waals surface area contributed by atoms with E-state index in [0.717, 1.165) is 6.42 Å². The van der Waals surface area contributed by atoms with Gasteiger partial charge in [-0.15, -0.1) is 0 Å². The van der Waals surface area contributed by atoms with Gasteiger partial charge in [0.15, 0.2) is 33.3 Å². The van der Waals surface area contributed by atoms with E-state index in [9.17, 15) is 0 Å². The fraction of sp³-hybridized carbons (Fsp3) is 0.949. The van der Waals surface area contributed by atoms with Crippen molar-refractivity contribution in [1.29, 1.82) is 0 Å². The van der Waals surface area contributed by atoms with Crippen LogP contribution in [-0.4, -0.2) is 57.7 Å². The van der Waals surface area contributed by atoms with Crippen LogP contribution in [0.2, 0.25) is 78.6 Å². The summed E-state index contributed by atoms with van der Waals surface area (Å²) >= 11 is 0. The van der Waals surface area contributed by atoms with Crippen LogP contribution in [0.3, 0.4) is 0 Å². The Balaban J connectivity index is 1.71. The largest absolute Gasteiger partial charge is 0.414 e. The van der Waals surface area contributed by atoms with Crippen LogP contribution in [0.1, 0.15) is 86.0 Å². The number of rotatable bonds is 13. The molecular formula is C39H78O4Si4. The van der Waals surface area contributed by atoms with Crippen LogP contribution in [0.25, 0.3) is 0 Å². The lowest BCUT2D eigenvalue weighted by molar-refractivity contribution is -0.149. The Morgan fingerprint density at radius 2 is 1.32 bits per heavy atom. The number of fused-ring (bicyclic) bond motifs is 5. The Labute approximate surface area is 296 Å². The number of hydrogen-bond donors (Lipinski definition) is 0. The SMILES string of the molecule is CC(C)C(CC[C@@H](C)[C@H]1CCC2C3C(C[C@H](O[Si](C)(C)C)[C@@]21C)[C@@]1(C)CC[C@H](O[Si](C)(C)C)CC1=C[C@H]3O[Si](C)(C)C)O[Si](C)(C)C. The van der Waals surface area contributed by atoms with Gasteiger partial charge in [0.05, 0.1) is 12.2 Å². The summed E-state index contributed by atoms with van der Waals surface area (Å²) in [6.45, 7) is 41.2. The van der Waals surface area contributed by atoms with E-state index >= 15 is 0 Å². The van der Waals surface area contributed by atoms with E-state index in [1.807, 2.05) is 0 Å². The van der Waals surface area contributed by atoms with Crippen LogP contribution in [0.15, 0.2) is 11.6 Å². The average Bonchev–Trinajstić information content (AvgIpc) is 3.22. The molecule has 0 aromatic carbocycles. The second kappa shape index (κ2) is 14.1. The Morgan fingerprint density at radius 3 is 1.85 bits per heavy atom. The first-order chi connectivity index (χ1) is 21.2. The monoisotopic (exact) mass is 722 g/mol. The van der Waals surface area contributed by atoms with Gasteiger partial charge in [-0.25, -0.2) is 0 Å². The van der Waals surface area contributed by atoms with Crippen molar-refractivity contribution in [2.45, 2.75) is 189 Å². The van der Waals surface area contributed by atoms with Gasteiger partial charge < -0.3 is 17.7 Å². The minimum Gasteiger partial charge on any atom is -0.414 e. The molecule has 4 aliphatic rings. The van der Waals surface area contributed by atoms with E-state index in [1.165, 1.54) is 44.9 Å². The van der Waals surface area contributed by atoms with Crippen LogP contribution in [0.4, 0.5) is 0 Å². The molecule has 8 heteroatoms. The summed E-state index contributed by atoms with van der Waals surface area (Å²) in [6.07, 6.45) is 13.8. The van der Waals surface area contributed by atoms with Crippen molar-refractivity contribution >= 4 is 33.3 Å². The predicted octanol–water partition coefficient (Wildman–Crippen LogP) is 11.7. The van der Waals surface area contributed by atoms with Crippen molar-refractivity contribution in [3.63, 3.8) is 0 Å². The van der Waals surface area contributed by atoms with Gasteiger partial charge in [0.2, 0.25) is 0 Å². The molecule has 0 aromatic heterocycles. The molecule has 4 nitrogen and oxygen atoms in total. The van der Waals surface area contributed by atoms with Gasteiger partial charge >= 0.3 is 0 Å². The van der Waals surface area contributed by atoms with Gasteiger partial charge in [-0.1, -0.05) is 46.3 Å². The quantitative estimate of drug-likeness (QED) is 0.140. The molecule has 0 N–H and O–H groups in total. The highest BCUT2D eigenvalue weighted by molar-refractivity contribution is 6.70. The lowest BCUT2D eigenvalue weighted by Crippen LogP contribution is -2.62. The maximum Gasteiger partial charge on any atom is 0.184 e. The van der Waals surface area contributed by atoms with Crippen LogP contribution < -0.4 is 0 Å². The summed E-state index contributed by atoms with van der Waals surface area (Å²) in [5.41, 5.74) is 2.04. The van der Waals surface area contributed by atoms with Gasteiger partial charge in [-0.2, -0.15) is 0 Å². The van der Waals surface area contributed by atoms with Gasteiger partial charge in [-0.3, -0.25) is 0 Å². The third kappa shape index (κ3) is 9.47. The molecule has 0 saturated heterocycles. The second-order valence-corrected chi connectivity index (χ2v) is 39.1. The van der Waals surface area contributed by atoms with E-state index < -0.39 is 33.3 Å². The van der Waals surface area contributed by atoms with Crippen molar-refractivity contribution in [2.75, 3.05) is 0 Å². The fourth-order valence-electron chi connectivity index (χ4n) is 10.8. The molecule has 11 atom stereocenters. The molecule has 0 aromatic rings. The second-order valence-electron chi connectivity index (χ2n) is 21.3. The van der Waals surface area contributed by atoms with Crippen molar-refractivity contribution in [1.82, 2.24) is 0 Å². The lowest BCUT2D eigenvalue weighted by atomic mass is 9.45. The molecule has 274 valence electrons. The van der Waals surface area contributed by atoms with E-state index in [1.54, 1.807) is 5.57 Å². The van der Waals surface area contributed by atoms with Gasteiger partial charge in [-0.05, 0) is 176 Å². The molecule has 0 spiro atoms. The van der Waals surface area contributed by atoms with E-state index in [4.69, 9.17) is 17.7 Å². The highest BCUT2D eigenvalue weighted by Gasteiger charge is 2.65. The molecule has 4 unspecified atom stereocenters. The van der Waals surface area contributed by atoms with Crippen molar-refractivity contribution in [3.8, 4) is 0 Å². The zero-order valence-corrected chi connectivity index (χ0v) is 38.1. The minimum absolute atomic E-state index is 0.175. The van der Waals surface area contributed by atoms with Gasteiger partial charge in [0.1, 0.15) is 0 Å². The van der Waals surface area contributed by atoms with Crippen molar-refractivity contribution in [2.24, 2.45) is 46.3 Å². The molecule has 4 aliphatic carbocycles. The van der Waals surface area contributed by atoms with Crippen LogP contribution in [0, 0.1) is 46.3 Å². The Kier molecular flexibility index (Phi) is 12.1. The summed E-state index contributed by atoms with van der Waals surface area (Å²) < 4.78 is 28.3. The Bertz CT molecular complexity index is 1100. The Morgan fingerprint density at radius 1 is 0.723 bits per heavy atom. The first kappa shape index (κ1) is 40.2. The highest BCUT2D eigenvalue weighted by atomic mass is 28.4. The molecule has 4 rings (SSSR count). The third-order valence-electron chi connectivity index (χ3n) is 12.6. The summed E-state index contributed by atoms with van der Waals surface area (Å²) in [6, 6.07) is 0. The van der Waals surface area contributed by atoms with Gasteiger partial charge in [0.25, 0.3) is 0 Å². The fourth-order valence-corrected chi connectivity index (χ4v) is 15.6. The van der Waals surface area contributed by atoms with Gasteiger partial charge in [0, 0.05) is 12.2 Å². The molecule has 0 heterocycles. The first-order valence-electron chi connectivity index (χ1n) is 19.7. The van der Waals surface area contributed by atoms with E-state index in [0.29, 0.717) is 53.8 Å². The highest BCUT2D eigenvalue weighted by Crippen LogP contribution is 2.68. The van der Waals surface area contributed by atoms with Crippen molar-refractivity contribution in [3.05, 3.63) is 11.6 Å². The van der Waals surface area contributed by atoms with Crippen LogP contribution in [-0.2, 0) is 17.7 Å². The standard InChI is InChI=1S/C39H78O4Si4/c1-27(2)34(41-45(9,10)11)21-18-28(3)31-19-20-32-37-33(26-36(39(31,32)5)43-47(15,16)17)38(4)23-22-30(40-44(6,7)8)24-29(38)25-35(37)42-46(12,13)14/h25,27-28,30-37H,18-24,26H2,1-17H3/t28-,30+,31-,32?,33?,34?,35-,36+,37?,38+,39-/m1/s1. The smallest absolute Gasteiger partial charge is 0.184 e. The molecule has 3 saturated carbocycles. The molecular weight excluding hydrogens is 645 g/mol. The maximum absolute atomic E-state index is 7.45. The molecule has 0 bridgehead atoms. The minimum atomic E-state index is -1.78. The topological polar surface area (TPSA) is 36.9 Å². The summed E-state index contributed by atoms with van der Waals surface area (Å²) in [5, 5.41) is 0. The summed E-state index contributed by atoms with van der Waals surface area (Å²) in [7, 11) is -6.75. The first-order valence-corrected chi connectivity index (χ1v) is 33.3. The zero-order valence-electron chi connectivity index (χ0n) is 34.1. The third-order valence-corrected chi connectivity index (χ3v) is 16.6. The molecule has 0 amide bonds. The average molecular weight is 723 g/mol. The molecule has 3 fully saturated rings. The maximum atomic E-state index is 7.45. The normalized spacial score (nSPS) is 38.0.